The van der Waals surface area contributed by atoms with E-state index in [1.54, 1.807) is 0 Å². The van der Waals surface area contributed by atoms with Gasteiger partial charge >= 0.3 is 0 Å². The second-order valence-corrected chi connectivity index (χ2v) is 4.63. The van der Waals surface area contributed by atoms with Crippen LogP contribution in [0.2, 0.25) is 0 Å². The third kappa shape index (κ3) is 10.1. The number of rotatable bonds is 6. The summed E-state index contributed by atoms with van der Waals surface area (Å²) < 4.78 is 5.36. The molecule has 0 aromatic carbocycles. The first-order valence-corrected chi connectivity index (χ1v) is 5.58. The highest BCUT2D eigenvalue weighted by Crippen LogP contribution is 1.96. The van der Waals surface area contributed by atoms with E-state index in [1.807, 2.05) is 0 Å². The van der Waals surface area contributed by atoms with Gasteiger partial charge in [0.25, 0.3) is 0 Å². The van der Waals surface area contributed by atoms with Crippen molar-refractivity contribution in [3.63, 3.8) is 0 Å². The quantitative estimate of drug-likeness (QED) is 0.375. The van der Waals surface area contributed by atoms with Crippen molar-refractivity contribution in [2.24, 2.45) is 0 Å². The SMILES string of the molecule is C=[SH]CCOCCNC(C)(C)C. The third-order valence-electron chi connectivity index (χ3n) is 1.30. The van der Waals surface area contributed by atoms with Crippen LogP contribution in [0.3, 0.4) is 0 Å². The van der Waals surface area contributed by atoms with E-state index in [1.165, 1.54) is 11.4 Å². The van der Waals surface area contributed by atoms with E-state index in [-0.39, 0.29) is 5.54 Å². The lowest BCUT2D eigenvalue weighted by Gasteiger charge is -2.20. The van der Waals surface area contributed by atoms with Gasteiger partial charge in [-0.1, -0.05) is 5.87 Å². The lowest BCUT2D eigenvalue weighted by Crippen LogP contribution is -2.38. The maximum absolute atomic E-state index is 5.36. The summed E-state index contributed by atoms with van der Waals surface area (Å²) in [4.78, 5) is 0. The van der Waals surface area contributed by atoms with E-state index in [0.29, 0.717) is 0 Å². The molecular weight excluding hydrogens is 170 g/mol. The normalized spacial score (nSPS) is 11.9. The Labute approximate surface area is 79.6 Å². The van der Waals surface area contributed by atoms with Crippen molar-refractivity contribution in [3.05, 3.63) is 0 Å². The Kier molecular flexibility index (Phi) is 6.71. The molecule has 0 bridgehead atoms. The summed E-state index contributed by atoms with van der Waals surface area (Å²) in [6.07, 6.45) is 0. The number of nitrogens with one attached hydrogen (secondary N) is 1. The maximum atomic E-state index is 5.36. The van der Waals surface area contributed by atoms with Gasteiger partial charge in [-0.25, -0.2) is 11.4 Å². The van der Waals surface area contributed by atoms with Crippen LogP contribution in [0.5, 0.6) is 0 Å². The van der Waals surface area contributed by atoms with Crippen molar-refractivity contribution < 1.29 is 4.74 Å². The van der Waals surface area contributed by atoms with Crippen LogP contribution in [-0.4, -0.2) is 36.9 Å². The first-order valence-electron chi connectivity index (χ1n) is 4.31. The Morgan fingerprint density at radius 3 is 2.50 bits per heavy atom. The van der Waals surface area contributed by atoms with Crippen LogP contribution in [0.15, 0.2) is 0 Å². The molecule has 0 saturated heterocycles. The molecule has 12 heavy (non-hydrogen) atoms. The highest BCUT2D eigenvalue weighted by Gasteiger charge is 2.06. The maximum Gasteiger partial charge on any atom is 0.0591 e. The second-order valence-electron chi connectivity index (χ2n) is 3.74. The topological polar surface area (TPSA) is 21.3 Å². The van der Waals surface area contributed by atoms with E-state index < -0.39 is 0 Å². The monoisotopic (exact) mass is 191 g/mol. The minimum absolute atomic E-state index is 0.202. The molecule has 0 unspecified atom stereocenters. The van der Waals surface area contributed by atoms with Crippen molar-refractivity contribution in [2.75, 3.05) is 25.5 Å². The van der Waals surface area contributed by atoms with Crippen LogP contribution in [0, 0.1) is 0 Å². The number of hydrogen-bond donors (Lipinski definition) is 2. The fourth-order valence-corrected chi connectivity index (χ4v) is 0.988. The molecule has 0 rings (SSSR count). The van der Waals surface area contributed by atoms with Gasteiger partial charge in [0, 0.05) is 17.8 Å². The molecule has 0 aromatic rings. The molecule has 0 spiro atoms. The Hall–Kier alpha value is 0.140. The minimum atomic E-state index is 0.202. The van der Waals surface area contributed by atoms with Crippen molar-refractivity contribution in [1.82, 2.24) is 5.32 Å². The van der Waals surface area contributed by atoms with Gasteiger partial charge < -0.3 is 10.1 Å². The van der Waals surface area contributed by atoms with Crippen LogP contribution in [0.4, 0.5) is 0 Å². The third-order valence-corrected chi connectivity index (χ3v) is 1.79. The number of hydrogen-bond acceptors (Lipinski definition) is 2. The van der Waals surface area contributed by atoms with E-state index in [9.17, 15) is 0 Å². The van der Waals surface area contributed by atoms with Gasteiger partial charge in [0.2, 0.25) is 0 Å². The van der Waals surface area contributed by atoms with Crippen molar-refractivity contribution in [3.8, 4) is 0 Å². The van der Waals surface area contributed by atoms with Gasteiger partial charge in [-0.05, 0) is 20.8 Å². The summed E-state index contributed by atoms with van der Waals surface area (Å²) in [5, 5.41) is 3.36. The standard InChI is InChI=1S/C9H21NOS/c1-9(2,3)10-5-6-11-7-8-12-4/h10,12H,4-8H2,1-3H3. The van der Waals surface area contributed by atoms with E-state index in [0.717, 1.165) is 25.5 Å². The van der Waals surface area contributed by atoms with Crippen molar-refractivity contribution in [2.45, 2.75) is 26.3 Å². The summed E-state index contributed by atoms with van der Waals surface area (Å²) in [6, 6.07) is 0. The molecule has 0 fully saturated rings. The predicted molar refractivity (Wildman–Crippen MR) is 59.5 cm³/mol. The largest absolute Gasteiger partial charge is 0.379 e. The molecule has 0 aliphatic heterocycles. The summed E-state index contributed by atoms with van der Waals surface area (Å²) in [5.41, 5.74) is 0.202. The zero-order valence-corrected chi connectivity index (χ0v) is 9.29. The van der Waals surface area contributed by atoms with E-state index >= 15 is 0 Å². The summed E-state index contributed by atoms with van der Waals surface area (Å²) in [7, 11) is 0. The summed E-state index contributed by atoms with van der Waals surface area (Å²) in [5.74, 6) is 4.76. The minimum Gasteiger partial charge on any atom is -0.379 e. The summed E-state index contributed by atoms with van der Waals surface area (Å²) >= 11 is 1.17. The van der Waals surface area contributed by atoms with Gasteiger partial charge in [-0.3, -0.25) is 0 Å². The van der Waals surface area contributed by atoms with Gasteiger partial charge in [-0.15, -0.1) is 0 Å². The van der Waals surface area contributed by atoms with Crippen LogP contribution >= 0.6 is 11.4 Å². The van der Waals surface area contributed by atoms with Gasteiger partial charge in [0.05, 0.1) is 13.2 Å². The van der Waals surface area contributed by atoms with Crippen LogP contribution in [0.1, 0.15) is 20.8 Å². The predicted octanol–water partition coefficient (Wildman–Crippen LogP) is 1.29. The molecule has 0 radical (unpaired) electrons. The smallest absolute Gasteiger partial charge is 0.0591 e. The first-order chi connectivity index (χ1) is 5.56. The second kappa shape index (κ2) is 6.63. The first kappa shape index (κ1) is 12.1. The molecule has 0 amide bonds. The van der Waals surface area contributed by atoms with Crippen molar-refractivity contribution in [1.29, 1.82) is 0 Å². The van der Waals surface area contributed by atoms with Gasteiger partial charge in [0.1, 0.15) is 0 Å². The molecule has 0 saturated carbocycles. The fraction of sp³-hybridized carbons (Fsp3) is 0.889. The van der Waals surface area contributed by atoms with Crippen LogP contribution in [0.25, 0.3) is 0 Å². The lowest BCUT2D eigenvalue weighted by molar-refractivity contribution is 0.146. The highest BCUT2D eigenvalue weighted by molar-refractivity contribution is 7.96. The molecule has 0 aromatic heterocycles. The Morgan fingerprint density at radius 1 is 1.33 bits per heavy atom. The van der Waals surface area contributed by atoms with E-state index in [4.69, 9.17) is 4.74 Å². The average Bonchev–Trinajstić information content (AvgIpc) is 1.94. The highest BCUT2D eigenvalue weighted by atomic mass is 32.1. The molecular formula is C9H21NOS. The lowest BCUT2D eigenvalue weighted by atomic mass is 10.1. The molecule has 0 aliphatic carbocycles. The Morgan fingerprint density at radius 2 is 2.00 bits per heavy atom. The van der Waals surface area contributed by atoms with Crippen molar-refractivity contribution >= 4 is 17.2 Å². The molecule has 74 valence electrons. The molecule has 0 aliphatic rings. The van der Waals surface area contributed by atoms with Crippen LogP contribution < -0.4 is 5.32 Å². The fourth-order valence-electron chi connectivity index (χ4n) is 0.729. The number of thiol groups is 1. The Balaban J connectivity index is 3.06. The zero-order chi connectivity index (χ0) is 9.45. The van der Waals surface area contributed by atoms with Gasteiger partial charge in [-0.2, -0.15) is 0 Å². The molecule has 1 N–H and O–H groups in total. The van der Waals surface area contributed by atoms with Crippen LogP contribution in [-0.2, 0) is 4.74 Å². The molecule has 0 atom stereocenters. The Bertz CT molecular complexity index is 120. The van der Waals surface area contributed by atoms with Gasteiger partial charge in [0.15, 0.2) is 0 Å². The average molecular weight is 191 g/mol. The number of ether oxygens (including phenoxy) is 1. The molecule has 2 nitrogen and oxygen atoms in total. The molecule has 0 heterocycles. The molecule has 3 heteroatoms. The van der Waals surface area contributed by atoms with E-state index in [2.05, 4.69) is 32.0 Å². The zero-order valence-electron chi connectivity index (χ0n) is 8.39. The summed E-state index contributed by atoms with van der Waals surface area (Å²) in [6.45, 7) is 9.02.